The van der Waals surface area contributed by atoms with Crippen LogP contribution in [0.25, 0.3) is 0 Å². The maximum atomic E-state index is 4.31. The molecular weight excluding hydrogens is 150 g/mol. The second kappa shape index (κ2) is 2.52. The molecule has 0 saturated heterocycles. The van der Waals surface area contributed by atoms with Crippen LogP contribution in [-0.2, 0) is 5.54 Å². The lowest BCUT2D eigenvalue weighted by Crippen LogP contribution is -2.26. The molecule has 12 heavy (non-hydrogen) atoms. The van der Waals surface area contributed by atoms with Gasteiger partial charge in [-0.3, -0.25) is 0 Å². The zero-order valence-corrected chi connectivity index (χ0v) is 7.46. The number of nitrogens with one attached hydrogen (secondary N) is 1. The van der Waals surface area contributed by atoms with Gasteiger partial charge in [0.05, 0.1) is 5.54 Å². The predicted octanol–water partition coefficient (Wildman–Crippen LogP) is 0.994. The number of rotatable bonds is 2. The van der Waals surface area contributed by atoms with Crippen molar-refractivity contribution in [2.45, 2.75) is 25.3 Å². The molecular formula is C9H13N3. The van der Waals surface area contributed by atoms with Gasteiger partial charge < -0.3 is 5.32 Å². The quantitative estimate of drug-likeness (QED) is 0.706. The van der Waals surface area contributed by atoms with Gasteiger partial charge in [-0.15, -0.1) is 0 Å². The Kier molecular flexibility index (Phi) is 1.61. The molecule has 3 heteroatoms. The van der Waals surface area contributed by atoms with Gasteiger partial charge in [-0.05, 0) is 32.4 Å². The number of hydrogen-bond donors (Lipinski definition) is 1. The van der Waals surface area contributed by atoms with Crippen molar-refractivity contribution in [1.29, 1.82) is 0 Å². The van der Waals surface area contributed by atoms with Crippen molar-refractivity contribution in [2.24, 2.45) is 0 Å². The van der Waals surface area contributed by atoms with Crippen LogP contribution in [0.15, 0.2) is 12.4 Å². The number of nitrogens with zero attached hydrogens (tertiary/aromatic N) is 2. The van der Waals surface area contributed by atoms with E-state index >= 15 is 0 Å². The molecule has 0 bridgehead atoms. The fraction of sp³-hybridized carbons (Fsp3) is 0.556. The topological polar surface area (TPSA) is 37.8 Å². The lowest BCUT2D eigenvalue weighted by molar-refractivity contribution is 0.546. The van der Waals surface area contributed by atoms with Crippen LogP contribution in [0.1, 0.15) is 24.2 Å². The molecule has 0 aromatic carbocycles. The molecule has 0 atom stereocenters. The lowest BCUT2D eigenvalue weighted by Gasteiger charge is -2.11. The number of aromatic nitrogens is 2. The van der Waals surface area contributed by atoms with E-state index in [-0.39, 0.29) is 5.54 Å². The van der Waals surface area contributed by atoms with E-state index in [9.17, 15) is 0 Å². The zero-order valence-electron chi connectivity index (χ0n) is 7.46. The van der Waals surface area contributed by atoms with E-state index in [2.05, 4.69) is 15.3 Å². The van der Waals surface area contributed by atoms with Crippen molar-refractivity contribution in [3.05, 3.63) is 23.8 Å². The van der Waals surface area contributed by atoms with Gasteiger partial charge in [-0.25, -0.2) is 9.97 Å². The summed E-state index contributed by atoms with van der Waals surface area (Å²) < 4.78 is 0. The number of aryl methyl sites for hydroxylation is 1. The third kappa shape index (κ3) is 1.10. The predicted molar refractivity (Wildman–Crippen MR) is 46.7 cm³/mol. The van der Waals surface area contributed by atoms with Gasteiger partial charge in [0.2, 0.25) is 0 Å². The molecule has 1 heterocycles. The zero-order chi connectivity index (χ0) is 8.60. The molecule has 0 unspecified atom stereocenters. The smallest absolute Gasteiger partial charge is 0.148 e. The SMILES string of the molecule is CNC1(c2ncc(C)cn2)CC1. The van der Waals surface area contributed by atoms with Gasteiger partial charge >= 0.3 is 0 Å². The van der Waals surface area contributed by atoms with Crippen LogP contribution in [0.2, 0.25) is 0 Å². The molecule has 1 aromatic rings. The monoisotopic (exact) mass is 163 g/mol. The van der Waals surface area contributed by atoms with Gasteiger partial charge in [0.15, 0.2) is 0 Å². The maximum absolute atomic E-state index is 4.31. The van der Waals surface area contributed by atoms with Crippen molar-refractivity contribution in [2.75, 3.05) is 7.05 Å². The standard InChI is InChI=1S/C9H13N3/c1-7-5-11-8(12-6-7)9(10-2)3-4-9/h5-6,10H,3-4H2,1-2H3. The summed E-state index contributed by atoms with van der Waals surface area (Å²) >= 11 is 0. The van der Waals surface area contributed by atoms with Crippen molar-refractivity contribution in [1.82, 2.24) is 15.3 Å². The Labute approximate surface area is 72.2 Å². The molecule has 64 valence electrons. The highest BCUT2D eigenvalue weighted by Crippen LogP contribution is 2.42. The van der Waals surface area contributed by atoms with Crippen LogP contribution in [0, 0.1) is 6.92 Å². The molecule has 1 saturated carbocycles. The van der Waals surface area contributed by atoms with Gasteiger partial charge in [0.1, 0.15) is 5.82 Å². The molecule has 0 aliphatic heterocycles. The number of hydrogen-bond acceptors (Lipinski definition) is 3. The van der Waals surface area contributed by atoms with Crippen molar-refractivity contribution < 1.29 is 0 Å². The molecule has 1 aliphatic rings. The van der Waals surface area contributed by atoms with E-state index in [4.69, 9.17) is 0 Å². The largest absolute Gasteiger partial charge is 0.308 e. The van der Waals surface area contributed by atoms with Crippen LogP contribution < -0.4 is 5.32 Å². The Balaban J connectivity index is 2.29. The first-order valence-electron chi connectivity index (χ1n) is 4.25. The highest BCUT2D eigenvalue weighted by atomic mass is 15.1. The highest BCUT2D eigenvalue weighted by Gasteiger charge is 2.45. The minimum atomic E-state index is 0.105. The molecule has 2 rings (SSSR count). The minimum Gasteiger partial charge on any atom is -0.308 e. The van der Waals surface area contributed by atoms with Crippen LogP contribution in [0.3, 0.4) is 0 Å². The highest BCUT2D eigenvalue weighted by molar-refractivity contribution is 5.17. The van der Waals surface area contributed by atoms with Crippen molar-refractivity contribution in [3.8, 4) is 0 Å². The van der Waals surface area contributed by atoms with E-state index in [0.29, 0.717) is 0 Å². The van der Waals surface area contributed by atoms with E-state index in [1.165, 1.54) is 0 Å². The first-order valence-corrected chi connectivity index (χ1v) is 4.25. The second-order valence-corrected chi connectivity index (χ2v) is 3.42. The maximum Gasteiger partial charge on any atom is 0.148 e. The summed E-state index contributed by atoms with van der Waals surface area (Å²) in [5, 5.41) is 3.26. The molecule has 0 spiro atoms. The molecule has 1 aliphatic carbocycles. The summed E-state index contributed by atoms with van der Waals surface area (Å²) in [6.45, 7) is 2.00. The Morgan fingerprint density at radius 2 is 1.92 bits per heavy atom. The van der Waals surface area contributed by atoms with E-state index in [1.807, 2.05) is 26.4 Å². The van der Waals surface area contributed by atoms with Crippen LogP contribution in [0.5, 0.6) is 0 Å². The molecule has 3 nitrogen and oxygen atoms in total. The fourth-order valence-electron chi connectivity index (χ4n) is 1.35. The summed E-state index contributed by atoms with van der Waals surface area (Å²) in [4.78, 5) is 8.62. The summed E-state index contributed by atoms with van der Waals surface area (Å²) in [6.07, 6.45) is 6.07. The average Bonchev–Trinajstić information content (AvgIpc) is 2.86. The van der Waals surface area contributed by atoms with Gasteiger partial charge in [0, 0.05) is 12.4 Å². The van der Waals surface area contributed by atoms with Crippen molar-refractivity contribution in [3.63, 3.8) is 0 Å². The van der Waals surface area contributed by atoms with E-state index in [1.54, 1.807) is 0 Å². The first kappa shape index (κ1) is 7.68. The normalized spacial score (nSPS) is 19.2. The van der Waals surface area contributed by atoms with Crippen molar-refractivity contribution >= 4 is 0 Å². The summed E-state index contributed by atoms with van der Waals surface area (Å²) in [5.41, 5.74) is 1.22. The van der Waals surface area contributed by atoms with Crippen LogP contribution >= 0.6 is 0 Å². The second-order valence-electron chi connectivity index (χ2n) is 3.42. The summed E-state index contributed by atoms with van der Waals surface area (Å²) in [7, 11) is 1.97. The molecule has 1 aromatic heterocycles. The fourth-order valence-corrected chi connectivity index (χ4v) is 1.35. The Hall–Kier alpha value is -0.960. The third-order valence-electron chi connectivity index (χ3n) is 2.44. The van der Waals surface area contributed by atoms with Gasteiger partial charge in [-0.2, -0.15) is 0 Å². The Bertz CT molecular complexity index is 274. The van der Waals surface area contributed by atoms with Gasteiger partial charge in [0.25, 0.3) is 0 Å². The lowest BCUT2D eigenvalue weighted by atomic mass is 10.2. The summed E-state index contributed by atoms with van der Waals surface area (Å²) in [6, 6.07) is 0. The van der Waals surface area contributed by atoms with Gasteiger partial charge in [-0.1, -0.05) is 0 Å². The van der Waals surface area contributed by atoms with E-state index < -0.39 is 0 Å². The average molecular weight is 163 g/mol. The molecule has 0 radical (unpaired) electrons. The van der Waals surface area contributed by atoms with Crippen LogP contribution in [0.4, 0.5) is 0 Å². The molecule has 1 N–H and O–H groups in total. The molecule has 0 amide bonds. The third-order valence-corrected chi connectivity index (χ3v) is 2.44. The van der Waals surface area contributed by atoms with Crippen LogP contribution in [-0.4, -0.2) is 17.0 Å². The Morgan fingerprint density at radius 3 is 2.33 bits per heavy atom. The first-order chi connectivity index (χ1) is 5.77. The molecule has 1 fully saturated rings. The Morgan fingerprint density at radius 1 is 1.33 bits per heavy atom. The van der Waals surface area contributed by atoms with E-state index in [0.717, 1.165) is 24.2 Å². The summed E-state index contributed by atoms with van der Waals surface area (Å²) in [5.74, 6) is 0.940. The minimum absolute atomic E-state index is 0.105.